The lowest BCUT2D eigenvalue weighted by molar-refractivity contribution is 0.0996. The van der Waals surface area contributed by atoms with Gasteiger partial charge >= 0.3 is 0 Å². The van der Waals surface area contributed by atoms with E-state index >= 15 is 0 Å². The van der Waals surface area contributed by atoms with Crippen LogP contribution in [0.5, 0.6) is 5.75 Å². The third-order valence-electron chi connectivity index (χ3n) is 4.01. The Labute approximate surface area is 153 Å². The fraction of sp³-hybridized carbons (Fsp3) is 0. The molecule has 0 aliphatic rings. The molecule has 2 heterocycles. The van der Waals surface area contributed by atoms with Gasteiger partial charge in [0.25, 0.3) is 5.91 Å². The van der Waals surface area contributed by atoms with Crippen molar-refractivity contribution in [1.29, 1.82) is 0 Å². The van der Waals surface area contributed by atoms with Crippen molar-refractivity contribution >= 4 is 11.6 Å². The van der Waals surface area contributed by atoms with Gasteiger partial charge in [-0.05, 0) is 48.5 Å². The average Bonchev–Trinajstić information content (AvgIpc) is 3.36. The third-order valence-corrected chi connectivity index (χ3v) is 4.01. The first-order chi connectivity index (χ1) is 13.1. The number of halogens is 1. The highest BCUT2D eigenvalue weighted by atomic mass is 19.1. The number of anilines is 1. The summed E-state index contributed by atoms with van der Waals surface area (Å²) in [5, 5.41) is 19.6. The fourth-order valence-electron chi connectivity index (χ4n) is 2.66. The standard InChI is InChI=1S/C20H14FN3O3/c21-13-5-8-18(25)15(10-13)17-11-16(23-24-17)12-3-6-14(7-4-12)22-20(26)19-2-1-9-27-19/h1-11,25H,(H,22,26)(H,23,24). The number of aromatic nitrogens is 2. The smallest absolute Gasteiger partial charge is 0.291 e. The van der Waals surface area contributed by atoms with Gasteiger partial charge in [0.1, 0.15) is 11.6 Å². The molecule has 2 aromatic carbocycles. The number of carbonyl (C=O) groups excluding carboxylic acids is 1. The molecule has 6 nitrogen and oxygen atoms in total. The molecular formula is C20H14FN3O3. The van der Waals surface area contributed by atoms with E-state index in [4.69, 9.17) is 4.42 Å². The van der Waals surface area contributed by atoms with Crippen LogP contribution in [0.2, 0.25) is 0 Å². The first-order valence-electron chi connectivity index (χ1n) is 8.10. The van der Waals surface area contributed by atoms with Crippen LogP contribution < -0.4 is 5.32 Å². The van der Waals surface area contributed by atoms with E-state index in [1.165, 1.54) is 24.5 Å². The van der Waals surface area contributed by atoms with E-state index in [0.29, 0.717) is 22.6 Å². The number of aromatic hydroxyl groups is 1. The van der Waals surface area contributed by atoms with Crippen molar-refractivity contribution in [1.82, 2.24) is 10.2 Å². The second-order valence-corrected chi connectivity index (χ2v) is 5.84. The van der Waals surface area contributed by atoms with Gasteiger partial charge in [0.15, 0.2) is 5.76 Å². The van der Waals surface area contributed by atoms with Gasteiger partial charge < -0.3 is 14.8 Å². The molecule has 0 aliphatic carbocycles. The summed E-state index contributed by atoms with van der Waals surface area (Å²) in [5.41, 5.74) is 2.86. The van der Waals surface area contributed by atoms with Gasteiger partial charge in [0, 0.05) is 16.8 Å². The number of furan rings is 1. The number of carbonyl (C=O) groups is 1. The van der Waals surface area contributed by atoms with Gasteiger partial charge in [-0.1, -0.05) is 12.1 Å². The number of phenolic OH excluding ortho intramolecular Hbond substituents is 1. The average molecular weight is 363 g/mol. The quantitative estimate of drug-likeness (QED) is 0.500. The predicted octanol–water partition coefficient (Wildman–Crippen LogP) is 4.43. The van der Waals surface area contributed by atoms with E-state index < -0.39 is 5.82 Å². The Morgan fingerprint density at radius 2 is 1.93 bits per heavy atom. The minimum atomic E-state index is -0.449. The van der Waals surface area contributed by atoms with Gasteiger partial charge in [-0.2, -0.15) is 5.10 Å². The Hall–Kier alpha value is -3.87. The molecule has 4 aromatic rings. The lowest BCUT2D eigenvalue weighted by Crippen LogP contribution is -2.10. The van der Waals surface area contributed by atoms with Crippen molar-refractivity contribution in [3.05, 3.63) is 78.5 Å². The maximum Gasteiger partial charge on any atom is 0.291 e. The molecule has 27 heavy (non-hydrogen) atoms. The highest BCUT2D eigenvalue weighted by Gasteiger charge is 2.12. The lowest BCUT2D eigenvalue weighted by Gasteiger charge is -2.04. The maximum absolute atomic E-state index is 13.4. The van der Waals surface area contributed by atoms with E-state index in [1.807, 2.05) is 0 Å². The zero-order valence-electron chi connectivity index (χ0n) is 13.9. The van der Waals surface area contributed by atoms with Crippen LogP contribution in [-0.4, -0.2) is 21.2 Å². The number of benzene rings is 2. The van der Waals surface area contributed by atoms with Crippen molar-refractivity contribution in [2.75, 3.05) is 5.32 Å². The summed E-state index contributed by atoms with van der Waals surface area (Å²) >= 11 is 0. The Bertz CT molecular complexity index is 1090. The summed E-state index contributed by atoms with van der Waals surface area (Å²) in [6, 6.07) is 15.7. The molecule has 0 bridgehead atoms. The minimum absolute atomic E-state index is 0.0393. The molecule has 0 saturated carbocycles. The molecule has 134 valence electrons. The Morgan fingerprint density at radius 1 is 1.11 bits per heavy atom. The minimum Gasteiger partial charge on any atom is -0.507 e. The summed E-state index contributed by atoms with van der Waals surface area (Å²) in [6.45, 7) is 0. The summed E-state index contributed by atoms with van der Waals surface area (Å²) in [5.74, 6) is -0.597. The molecule has 0 atom stereocenters. The van der Waals surface area contributed by atoms with Gasteiger partial charge in [-0.15, -0.1) is 0 Å². The molecule has 2 aromatic heterocycles. The van der Waals surface area contributed by atoms with Crippen LogP contribution in [0, 0.1) is 5.82 Å². The number of hydrogen-bond donors (Lipinski definition) is 3. The monoisotopic (exact) mass is 363 g/mol. The van der Waals surface area contributed by atoms with Gasteiger partial charge in [-0.25, -0.2) is 4.39 Å². The molecule has 0 aliphatic heterocycles. The number of nitrogens with zero attached hydrogens (tertiary/aromatic N) is 1. The lowest BCUT2D eigenvalue weighted by atomic mass is 10.1. The number of nitrogens with one attached hydrogen (secondary N) is 2. The van der Waals surface area contributed by atoms with Crippen LogP contribution in [0.15, 0.2) is 71.3 Å². The molecule has 1 amide bonds. The van der Waals surface area contributed by atoms with Gasteiger partial charge in [0.2, 0.25) is 0 Å². The number of hydrogen-bond acceptors (Lipinski definition) is 4. The van der Waals surface area contributed by atoms with E-state index in [2.05, 4.69) is 15.5 Å². The molecule has 3 N–H and O–H groups in total. The highest BCUT2D eigenvalue weighted by molar-refractivity contribution is 6.02. The van der Waals surface area contributed by atoms with Crippen LogP contribution in [0.25, 0.3) is 22.5 Å². The number of rotatable bonds is 4. The van der Waals surface area contributed by atoms with Crippen LogP contribution in [0.1, 0.15) is 10.6 Å². The predicted molar refractivity (Wildman–Crippen MR) is 97.7 cm³/mol. The Morgan fingerprint density at radius 3 is 2.67 bits per heavy atom. The highest BCUT2D eigenvalue weighted by Crippen LogP contribution is 2.31. The number of H-pyrrole nitrogens is 1. The summed E-state index contributed by atoms with van der Waals surface area (Å²) in [6.07, 6.45) is 1.43. The summed E-state index contributed by atoms with van der Waals surface area (Å²) in [4.78, 5) is 12.0. The first-order valence-corrected chi connectivity index (χ1v) is 8.10. The summed E-state index contributed by atoms with van der Waals surface area (Å²) < 4.78 is 18.5. The topological polar surface area (TPSA) is 91.2 Å². The van der Waals surface area contributed by atoms with Crippen molar-refractivity contribution in [2.24, 2.45) is 0 Å². The van der Waals surface area contributed by atoms with Crippen LogP contribution >= 0.6 is 0 Å². The summed E-state index contributed by atoms with van der Waals surface area (Å²) in [7, 11) is 0. The molecule has 7 heteroatoms. The molecule has 0 spiro atoms. The second kappa shape index (κ2) is 6.80. The second-order valence-electron chi connectivity index (χ2n) is 5.84. The SMILES string of the molecule is O=C(Nc1ccc(-c2cc(-c3cc(F)ccc3O)[nH]n2)cc1)c1ccco1. The van der Waals surface area contributed by atoms with Gasteiger partial charge in [0.05, 0.1) is 17.7 Å². The van der Waals surface area contributed by atoms with Crippen molar-refractivity contribution < 1.29 is 18.7 Å². The Kier molecular flexibility index (Phi) is 4.18. The molecular weight excluding hydrogens is 349 g/mol. The number of aromatic amines is 1. The number of amides is 1. The van der Waals surface area contributed by atoms with Gasteiger partial charge in [-0.3, -0.25) is 9.89 Å². The molecule has 0 saturated heterocycles. The van der Waals surface area contributed by atoms with Crippen LogP contribution in [-0.2, 0) is 0 Å². The van der Waals surface area contributed by atoms with E-state index in [-0.39, 0.29) is 17.4 Å². The normalized spacial score (nSPS) is 10.7. The largest absolute Gasteiger partial charge is 0.507 e. The van der Waals surface area contributed by atoms with Crippen LogP contribution in [0.4, 0.5) is 10.1 Å². The third kappa shape index (κ3) is 3.43. The maximum atomic E-state index is 13.4. The zero-order chi connectivity index (χ0) is 18.8. The molecule has 0 radical (unpaired) electrons. The molecule has 0 unspecified atom stereocenters. The zero-order valence-corrected chi connectivity index (χ0v) is 13.9. The molecule has 4 rings (SSSR count). The number of phenols is 1. The molecule has 0 fully saturated rings. The Balaban J connectivity index is 1.54. The van der Waals surface area contributed by atoms with Crippen molar-refractivity contribution in [3.8, 4) is 28.3 Å². The van der Waals surface area contributed by atoms with Crippen LogP contribution in [0.3, 0.4) is 0 Å². The van der Waals surface area contributed by atoms with E-state index in [9.17, 15) is 14.3 Å². The van der Waals surface area contributed by atoms with E-state index in [1.54, 1.807) is 42.5 Å². The van der Waals surface area contributed by atoms with Crippen molar-refractivity contribution in [3.63, 3.8) is 0 Å². The first kappa shape index (κ1) is 16.6. The fourth-order valence-corrected chi connectivity index (χ4v) is 2.66. The van der Waals surface area contributed by atoms with Crippen molar-refractivity contribution in [2.45, 2.75) is 0 Å². The van der Waals surface area contributed by atoms with E-state index in [0.717, 1.165) is 5.56 Å².